The van der Waals surface area contributed by atoms with Gasteiger partial charge in [0, 0.05) is 5.66 Å². The van der Waals surface area contributed by atoms with Gasteiger partial charge >= 0.3 is 0 Å². The van der Waals surface area contributed by atoms with Crippen LogP contribution in [0.25, 0.3) is 0 Å². The topological polar surface area (TPSA) is 101 Å². The molecule has 5 nitrogen and oxygen atoms in total. The van der Waals surface area contributed by atoms with E-state index in [1.54, 1.807) is 6.66 Å². The van der Waals surface area contributed by atoms with Crippen molar-refractivity contribution >= 4 is 8.58 Å². The Morgan fingerprint density at radius 1 is 0.692 bits per heavy atom. The summed E-state index contributed by atoms with van der Waals surface area (Å²) in [7, 11) is 0.198. The highest BCUT2D eigenvalue weighted by atomic mass is 31.1. The molecule has 0 bridgehead atoms. The highest BCUT2D eigenvalue weighted by Gasteiger charge is 2.47. The van der Waals surface area contributed by atoms with Crippen LogP contribution in [-0.4, -0.2) is 68.4 Å². The van der Waals surface area contributed by atoms with Gasteiger partial charge in [0.2, 0.25) is 0 Å². The van der Waals surface area contributed by atoms with Crippen LogP contribution < -0.4 is 0 Å². The Balaban J connectivity index is 2.79. The van der Waals surface area contributed by atoms with Gasteiger partial charge < -0.3 is 25.5 Å². The quantitative estimate of drug-likeness (QED) is 0.307. The summed E-state index contributed by atoms with van der Waals surface area (Å²) in [5.74, 6) is 0. The maximum atomic E-state index is 9.42. The summed E-state index contributed by atoms with van der Waals surface area (Å²) < 4.78 is 0. The third-order valence-corrected chi connectivity index (χ3v) is 3.82. The molecule has 0 saturated heterocycles. The minimum absolute atomic E-state index is 0.198. The zero-order valence-electron chi connectivity index (χ0n) is 7.20. The molecule has 0 spiro atoms. The summed E-state index contributed by atoms with van der Waals surface area (Å²) >= 11 is 0. The second-order valence-electron chi connectivity index (χ2n) is 3.27. The van der Waals surface area contributed by atoms with Crippen LogP contribution in [0, 0.1) is 0 Å². The molecule has 1 aliphatic rings. The van der Waals surface area contributed by atoms with E-state index in [9.17, 15) is 25.5 Å². The molecule has 13 heavy (non-hydrogen) atoms. The van der Waals surface area contributed by atoms with E-state index in [2.05, 4.69) is 0 Å². The van der Waals surface area contributed by atoms with Gasteiger partial charge in [-0.25, -0.2) is 0 Å². The lowest BCUT2D eigenvalue weighted by atomic mass is 9.87. The molecule has 0 heterocycles. The minimum Gasteiger partial charge on any atom is -0.390 e. The molecule has 5 N–H and O–H groups in total. The predicted octanol–water partition coefficient (Wildman–Crippen LogP) is -2.52. The number of aliphatic hydroxyl groups is 5. The summed E-state index contributed by atoms with van der Waals surface area (Å²) in [5.41, 5.74) is -0.562. The molecule has 0 aromatic heterocycles. The molecular weight excluding hydrogens is 195 g/mol. The molecule has 6 heteroatoms. The SMILES string of the molecule is CPC1C(O)C(O)C(O)C(O)C1O. The fraction of sp³-hybridized carbons (Fsp3) is 1.00. The Morgan fingerprint density at radius 3 is 1.31 bits per heavy atom. The van der Waals surface area contributed by atoms with Gasteiger partial charge in [0.05, 0.1) is 12.2 Å². The average molecular weight is 210 g/mol. The van der Waals surface area contributed by atoms with Crippen LogP contribution in [0.1, 0.15) is 0 Å². The Hall–Kier alpha value is 0.230. The molecule has 0 amide bonds. The first-order valence-corrected chi connectivity index (χ1v) is 5.66. The minimum atomic E-state index is -1.47. The van der Waals surface area contributed by atoms with Gasteiger partial charge in [0.15, 0.2) is 0 Å². The van der Waals surface area contributed by atoms with Crippen molar-refractivity contribution in [1.82, 2.24) is 0 Å². The van der Waals surface area contributed by atoms with Crippen molar-refractivity contribution in [2.24, 2.45) is 0 Å². The molecule has 0 aromatic rings. The van der Waals surface area contributed by atoms with Gasteiger partial charge in [0.1, 0.15) is 18.3 Å². The lowest BCUT2D eigenvalue weighted by molar-refractivity contribution is -0.172. The number of hydrogen-bond acceptors (Lipinski definition) is 5. The van der Waals surface area contributed by atoms with Crippen LogP contribution in [0.4, 0.5) is 0 Å². The molecule has 1 rings (SSSR count). The normalized spacial score (nSPS) is 53.1. The fourth-order valence-electron chi connectivity index (χ4n) is 1.57. The lowest BCUT2D eigenvalue weighted by Gasteiger charge is -2.41. The summed E-state index contributed by atoms with van der Waals surface area (Å²) in [6.45, 7) is 1.76. The first-order chi connectivity index (χ1) is 6.00. The third kappa shape index (κ3) is 1.86. The van der Waals surface area contributed by atoms with Crippen LogP contribution >= 0.6 is 8.58 Å². The zero-order chi connectivity index (χ0) is 10.2. The third-order valence-electron chi connectivity index (χ3n) is 2.47. The molecule has 0 radical (unpaired) electrons. The van der Waals surface area contributed by atoms with Crippen molar-refractivity contribution in [1.29, 1.82) is 0 Å². The van der Waals surface area contributed by atoms with Crippen molar-refractivity contribution < 1.29 is 25.5 Å². The standard InChI is InChI=1S/C7H15O5P/c1-13-7-5(11)3(9)2(8)4(10)6(7)12/h2-13H,1H3. The van der Waals surface area contributed by atoms with Crippen LogP contribution in [-0.2, 0) is 0 Å². The van der Waals surface area contributed by atoms with Crippen molar-refractivity contribution in [2.45, 2.75) is 36.2 Å². The molecule has 0 aromatic carbocycles. The van der Waals surface area contributed by atoms with Crippen molar-refractivity contribution in [3.8, 4) is 0 Å². The highest BCUT2D eigenvalue weighted by molar-refractivity contribution is 7.38. The summed E-state index contributed by atoms with van der Waals surface area (Å²) in [4.78, 5) is 0. The van der Waals surface area contributed by atoms with Gasteiger partial charge in [-0.05, 0) is 6.66 Å². The molecule has 0 aliphatic heterocycles. The Labute approximate surface area is 77.8 Å². The van der Waals surface area contributed by atoms with Gasteiger partial charge in [-0.2, -0.15) is 0 Å². The fourth-order valence-corrected chi connectivity index (χ4v) is 2.65. The van der Waals surface area contributed by atoms with Crippen LogP contribution in [0.2, 0.25) is 0 Å². The average Bonchev–Trinajstić information content (AvgIpc) is 2.13. The second-order valence-corrected chi connectivity index (χ2v) is 4.51. The van der Waals surface area contributed by atoms with Crippen molar-refractivity contribution in [3.63, 3.8) is 0 Å². The van der Waals surface area contributed by atoms with Crippen LogP contribution in [0.15, 0.2) is 0 Å². The Bertz CT molecular complexity index is 162. The predicted molar refractivity (Wildman–Crippen MR) is 48.1 cm³/mol. The van der Waals surface area contributed by atoms with E-state index in [1.165, 1.54) is 0 Å². The maximum absolute atomic E-state index is 9.42. The molecule has 5 unspecified atom stereocenters. The first kappa shape index (κ1) is 11.3. The zero-order valence-corrected chi connectivity index (χ0v) is 8.20. The summed E-state index contributed by atoms with van der Waals surface area (Å²) in [6.07, 6.45) is -6.57. The molecule has 1 saturated carbocycles. The number of hydrogen-bond donors (Lipinski definition) is 5. The largest absolute Gasteiger partial charge is 0.390 e. The van der Waals surface area contributed by atoms with E-state index < -0.39 is 36.2 Å². The van der Waals surface area contributed by atoms with E-state index in [4.69, 9.17) is 0 Å². The van der Waals surface area contributed by atoms with Gasteiger partial charge in [-0.3, -0.25) is 0 Å². The van der Waals surface area contributed by atoms with Crippen molar-refractivity contribution in [2.75, 3.05) is 6.66 Å². The number of aliphatic hydroxyl groups excluding tert-OH is 5. The monoisotopic (exact) mass is 210 g/mol. The van der Waals surface area contributed by atoms with E-state index in [-0.39, 0.29) is 8.58 Å². The van der Waals surface area contributed by atoms with E-state index in [0.717, 1.165) is 0 Å². The molecular formula is C7H15O5P. The molecule has 78 valence electrons. The summed E-state index contributed by atoms with van der Waals surface area (Å²) in [5, 5.41) is 46.6. The smallest absolute Gasteiger partial charge is 0.111 e. The Morgan fingerprint density at radius 2 is 1.00 bits per heavy atom. The van der Waals surface area contributed by atoms with E-state index in [0.29, 0.717) is 0 Å². The first-order valence-electron chi connectivity index (χ1n) is 4.08. The molecule has 1 aliphatic carbocycles. The molecule has 1 fully saturated rings. The van der Waals surface area contributed by atoms with Gasteiger partial charge in [-0.1, -0.05) is 0 Å². The molecule has 5 atom stereocenters. The number of rotatable bonds is 1. The van der Waals surface area contributed by atoms with E-state index >= 15 is 0 Å². The maximum Gasteiger partial charge on any atom is 0.111 e. The Kier molecular flexibility index (Phi) is 3.63. The van der Waals surface area contributed by atoms with E-state index in [1.807, 2.05) is 0 Å². The van der Waals surface area contributed by atoms with Crippen molar-refractivity contribution in [3.05, 3.63) is 0 Å². The van der Waals surface area contributed by atoms with Crippen LogP contribution in [0.3, 0.4) is 0 Å². The lowest BCUT2D eigenvalue weighted by Crippen LogP contribution is -2.62. The highest BCUT2D eigenvalue weighted by Crippen LogP contribution is 2.31. The second kappa shape index (κ2) is 4.17. The van der Waals surface area contributed by atoms with Gasteiger partial charge in [-0.15, -0.1) is 8.58 Å². The van der Waals surface area contributed by atoms with Gasteiger partial charge in [0.25, 0.3) is 0 Å². The van der Waals surface area contributed by atoms with Crippen LogP contribution in [0.5, 0.6) is 0 Å². The summed E-state index contributed by atoms with van der Waals surface area (Å²) in [6, 6.07) is 0.